The van der Waals surface area contributed by atoms with Crippen LogP contribution in [0.3, 0.4) is 0 Å². The number of amides is 2. The number of carbonyl (C=O) groups is 2. The van der Waals surface area contributed by atoms with Crippen molar-refractivity contribution in [2.24, 2.45) is 5.10 Å². The summed E-state index contributed by atoms with van der Waals surface area (Å²) in [5.41, 5.74) is 2.55. The topological polar surface area (TPSA) is 80.2 Å². The summed E-state index contributed by atoms with van der Waals surface area (Å²) in [7, 11) is 1.25. The number of methoxy groups -OCH3 is 1. The van der Waals surface area contributed by atoms with Gasteiger partial charge in [-0.3, -0.25) is 9.59 Å². The summed E-state index contributed by atoms with van der Waals surface area (Å²) >= 11 is 1.11. The summed E-state index contributed by atoms with van der Waals surface area (Å²) in [6, 6.07) is 11.2. The van der Waals surface area contributed by atoms with Gasteiger partial charge < -0.3 is 14.8 Å². The molecule has 0 aliphatic carbocycles. The molecule has 2 amide bonds. The van der Waals surface area contributed by atoms with Crippen molar-refractivity contribution in [3.63, 3.8) is 0 Å². The van der Waals surface area contributed by atoms with E-state index >= 15 is 0 Å². The van der Waals surface area contributed by atoms with Crippen LogP contribution in [0.5, 0.6) is 11.5 Å². The van der Waals surface area contributed by atoms with Crippen LogP contribution in [0, 0.1) is 0 Å². The van der Waals surface area contributed by atoms with Crippen molar-refractivity contribution in [1.29, 1.82) is 0 Å². The van der Waals surface area contributed by atoms with Gasteiger partial charge in [0.05, 0.1) is 24.6 Å². The lowest BCUT2D eigenvalue weighted by atomic mass is 10.0. The van der Waals surface area contributed by atoms with E-state index < -0.39 is 12.1 Å². The van der Waals surface area contributed by atoms with Gasteiger partial charge in [-0.25, -0.2) is 5.01 Å². The van der Waals surface area contributed by atoms with Crippen LogP contribution in [-0.4, -0.2) is 40.6 Å². The first kappa shape index (κ1) is 26.4. The van der Waals surface area contributed by atoms with Crippen molar-refractivity contribution in [2.75, 3.05) is 12.4 Å². The average molecular weight is 510 g/mol. The molecule has 1 unspecified atom stereocenters. The van der Waals surface area contributed by atoms with Gasteiger partial charge in [0.1, 0.15) is 0 Å². The molecule has 0 saturated heterocycles. The summed E-state index contributed by atoms with van der Waals surface area (Å²) in [5, 5.41) is 8.18. The zero-order chi connectivity index (χ0) is 25.6. The predicted octanol–water partition coefficient (Wildman–Crippen LogP) is 6.18. The van der Waals surface area contributed by atoms with Crippen molar-refractivity contribution in [1.82, 2.24) is 5.01 Å². The first-order valence-corrected chi connectivity index (χ1v) is 11.9. The zero-order valence-electron chi connectivity index (χ0n) is 19.5. The van der Waals surface area contributed by atoms with Crippen LogP contribution in [-0.2, 0) is 11.3 Å². The van der Waals surface area contributed by atoms with E-state index in [-0.39, 0.29) is 28.7 Å². The number of ether oxygens (including phenoxy) is 2. The summed E-state index contributed by atoms with van der Waals surface area (Å²) in [5.74, 6) is -0.615. The van der Waals surface area contributed by atoms with Crippen molar-refractivity contribution >= 4 is 34.3 Å². The molecule has 0 radical (unpaired) electrons. The lowest BCUT2D eigenvalue weighted by molar-refractivity contribution is -0.275. The number of benzene rings is 2. The fourth-order valence-electron chi connectivity index (χ4n) is 3.45. The molecule has 1 N–H and O–H groups in total. The molecule has 3 rings (SSSR count). The SMILES string of the molecule is CCCC(=O)Nc1ccc(CN2N=C(c3ccc(OC(F)(F)F)c(OC)c3)C(CC)SC2=O)cc1. The van der Waals surface area contributed by atoms with Crippen molar-refractivity contribution in [3.05, 3.63) is 53.6 Å². The quantitative estimate of drug-likeness (QED) is 0.436. The van der Waals surface area contributed by atoms with Gasteiger partial charge in [0.2, 0.25) is 5.91 Å². The number of anilines is 1. The van der Waals surface area contributed by atoms with Gasteiger partial charge in [-0.15, -0.1) is 13.2 Å². The van der Waals surface area contributed by atoms with Crippen LogP contribution < -0.4 is 14.8 Å². The number of hydrogen-bond donors (Lipinski definition) is 1. The Morgan fingerprint density at radius 3 is 2.46 bits per heavy atom. The molecule has 1 heterocycles. The lowest BCUT2D eigenvalue weighted by Crippen LogP contribution is -2.34. The smallest absolute Gasteiger partial charge is 0.493 e. The second-order valence-electron chi connectivity index (χ2n) is 7.73. The van der Waals surface area contributed by atoms with Crippen LogP contribution in [0.2, 0.25) is 0 Å². The predicted molar refractivity (Wildman–Crippen MR) is 129 cm³/mol. The number of carbonyl (C=O) groups excluding carboxylic acids is 2. The van der Waals surface area contributed by atoms with Crippen molar-refractivity contribution < 1.29 is 32.2 Å². The highest BCUT2D eigenvalue weighted by atomic mass is 32.2. The lowest BCUT2D eigenvalue weighted by Gasteiger charge is -2.28. The van der Waals surface area contributed by atoms with E-state index in [0.717, 1.165) is 23.7 Å². The van der Waals surface area contributed by atoms with E-state index in [2.05, 4.69) is 15.2 Å². The molecule has 1 atom stereocenters. The molecule has 2 aromatic carbocycles. The van der Waals surface area contributed by atoms with Crippen LogP contribution in [0.4, 0.5) is 23.7 Å². The van der Waals surface area contributed by atoms with Crippen LogP contribution in [0.25, 0.3) is 0 Å². The largest absolute Gasteiger partial charge is 0.573 e. The molecule has 188 valence electrons. The summed E-state index contributed by atoms with van der Waals surface area (Å²) in [4.78, 5) is 24.5. The van der Waals surface area contributed by atoms with Crippen molar-refractivity contribution in [2.45, 2.75) is 51.3 Å². The van der Waals surface area contributed by atoms with E-state index in [1.54, 1.807) is 24.3 Å². The molecule has 0 fully saturated rings. The minimum absolute atomic E-state index is 0.0650. The first-order valence-electron chi connectivity index (χ1n) is 11.0. The highest BCUT2D eigenvalue weighted by Gasteiger charge is 2.34. The van der Waals surface area contributed by atoms with Gasteiger partial charge in [0.25, 0.3) is 0 Å². The van der Waals surface area contributed by atoms with Gasteiger partial charge in [-0.05, 0) is 48.7 Å². The number of nitrogens with zero attached hydrogens (tertiary/aromatic N) is 2. The Hall–Kier alpha value is -3.21. The Labute approximate surface area is 205 Å². The van der Waals surface area contributed by atoms with E-state index in [1.165, 1.54) is 30.3 Å². The van der Waals surface area contributed by atoms with Crippen molar-refractivity contribution in [3.8, 4) is 11.5 Å². The molecule has 0 bridgehead atoms. The maximum absolute atomic E-state index is 12.7. The van der Waals surface area contributed by atoms with Gasteiger partial charge >= 0.3 is 11.6 Å². The molecule has 0 aromatic heterocycles. The Kier molecular flexibility index (Phi) is 8.66. The minimum atomic E-state index is -4.85. The number of halogens is 3. The molecule has 1 aliphatic heterocycles. The molecule has 11 heteroatoms. The number of alkyl halides is 3. The van der Waals surface area contributed by atoms with E-state index in [0.29, 0.717) is 29.8 Å². The highest BCUT2D eigenvalue weighted by Crippen LogP contribution is 2.36. The van der Waals surface area contributed by atoms with Gasteiger partial charge in [0.15, 0.2) is 11.5 Å². The van der Waals surface area contributed by atoms with Gasteiger partial charge in [0, 0.05) is 17.7 Å². The third-order valence-electron chi connectivity index (χ3n) is 5.09. The number of nitrogens with one attached hydrogen (secondary N) is 1. The first-order chi connectivity index (χ1) is 16.6. The van der Waals surface area contributed by atoms with Crippen LogP contribution in [0.15, 0.2) is 47.6 Å². The maximum Gasteiger partial charge on any atom is 0.573 e. The number of hydrazone groups is 1. The minimum Gasteiger partial charge on any atom is -0.493 e. The van der Waals surface area contributed by atoms with E-state index in [9.17, 15) is 22.8 Å². The second-order valence-corrected chi connectivity index (χ2v) is 8.89. The summed E-state index contributed by atoms with van der Waals surface area (Å²) in [6.45, 7) is 4.02. The standard InChI is InChI=1S/C24H26F3N3O4S/c1-4-6-21(31)28-17-10-7-15(8-11-17)14-30-23(32)35-20(5-2)22(29-30)16-9-12-18(19(13-16)33-3)34-24(25,26)27/h7-13,20H,4-6,14H2,1-3H3,(H,28,31). The molecular weight excluding hydrogens is 483 g/mol. The van der Waals surface area contributed by atoms with E-state index in [1.807, 2.05) is 13.8 Å². The van der Waals surface area contributed by atoms with Gasteiger partial charge in [-0.2, -0.15) is 5.10 Å². The van der Waals surface area contributed by atoms with Crippen LogP contribution in [0.1, 0.15) is 44.2 Å². The van der Waals surface area contributed by atoms with E-state index in [4.69, 9.17) is 4.74 Å². The molecule has 35 heavy (non-hydrogen) atoms. The molecule has 0 saturated carbocycles. The molecule has 0 spiro atoms. The molecule has 1 aliphatic rings. The fraction of sp³-hybridized carbons (Fsp3) is 0.375. The third kappa shape index (κ3) is 7.14. The monoisotopic (exact) mass is 509 g/mol. The van der Waals surface area contributed by atoms with Crippen LogP contribution >= 0.6 is 11.8 Å². The Morgan fingerprint density at radius 2 is 1.86 bits per heavy atom. The normalized spacial score (nSPS) is 16.1. The summed E-state index contributed by atoms with van der Waals surface area (Å²) < 4.78 is 47.2. The summed E-state index contributed by atoms with van der Waals surface area (Å²) in [6.07, 6.45) is -3.07. The Morgan fingerprint density at radius 1 is 1.14 bits per heavy atom. The Balaban J connectivity index is 1.84. The average Bonchev–Trinajstić information content (AvgIpc) is 2.81. The molecular formula is C24H26F3N3O4S. The maximum atomic E-state index is 12.7. The number of thioether (sulfide) groups is 1. The number of hydrogen-bond acceptors (Lipinski definition) is 6. The zero-order valence-corrected chi connectivity index (χ0v) is 20.3. The number of rotatable bonds is 9. The molecule has 7 nitrogen and oxygen atoms in total. The van der Waals surface area contributed by atoms with Gasteiger partial charge in [-0.1, -0.05) is 37.7 Å². The fourth-order valence-corrected chi connectivity index (χ4v) is 4.38. The molecule has 2 aromatic rings. The second kappa shape index (κ2) is 11.5. The third-order valence-corrected chi connectivity index (χ3v) is 6.34. The highest BCUT2D eigenvalue weighted by molar-refractivity contribution is 8.14. The Bertz CT molecular complexity index is 1090.